The normalized spacial score (nSPS) is 23.2. The van der Waals surface area contributed by atoms with Crippen LogP contribution in [0.5, 0.6) is 0 Å². The van der Waals surface area contributed by atoms with Crippen LogP contribution in [0.1, 0.15) is 43.2 Å². The highest BCUT2D eigenvalue weighted by molar-refractivity contribution is 7.89. The highest BCUT2D eigenvalue weighted by Crippen LogP contribution is 2.33. The van der Waals surface area contributed by atoms with E-state index in [0.717, 1.165) is 37.8 Å². The zero-order chi connectivity index (χ0) is 19.7. The van der Waals surface area contributed by atoms with Crippen molar-refractivity contribution >= 4 is 32.4 Å². The molecule has 2 aliphatic rings. The molecule has 2 atom stereocenters. The van der Waals surface area contributed by atoms with Crippen LogP contribution in [0, 0.1) is 5.92 Å². The number of piperidine rings is 1. The van der Waals surface area contributed by atoms with E-state index in [1.807, 2.05) is 0 Å². The van der Waals surface area contributed by atoms with Crippen LogP contribution < -0.4 is 5.32 Å². The number of nitrogens with zero attached hydrogens (tertiary/aromatic N) is 2. The summed E-state index contributed by atoms with van der Waals surface area (Å²) in [4.78, 5) is 19.0. The third kappa shape index (κ3) is 3.86. The summed E-state index contributed by atoms with van der Waals surface area (Å²) >= 11 is 1.53. The van der Waals surface area contributed by atoms with Crippen molar-refractivity contribution in [1.29, 1.82) is 0 Å². The first-order valence-electron chi connectivity index (χ1n) is 9.81. The molecule has 6 nitrogen and oxygen atoms in total. The number of hydrogen-bond acceptors (Lipinski definition) is 5. The van der Waals surface area contributed by atoms with Gasteiger partial charge in [-0.05, 0) is 50.2 Å². The number of sulfonamides is 1. The Morgan fingerprint density at radius 2 is 2.00 bits per heavy atom. The van der Waals surface area contributed by atoms with Gasteiger partial charge in [0.2, 0.25) is 15.9 Å². The fraction of sp³-hybridized carbons (Fsp3) is 0.500. The molecule has 1 aliphatic heterocycles. The van der Waals surface area contributed by atoms with Crippen LogP contribution in [0.25, 0.3) is 0 Å². The fourth-order valence-electron chi connectivity index (χ4n) is 3.96. The Labute approximate surface area is 170 Å². The van der Waals surface area contributed by atoms with Crippen molar-refractivity contribution in [3.63, 3.8) is 0 Å². The van der Waals surface area contributed by atoms with E-state index in [1.54, 1.807) is 30.3 Å². The molecule has 2 unspecified atom stereocenters. The second-order valence-corrected chi connectivity index (χ2v) is 10.6. The number of nitrogens with one attached hydrogen (secondary N) is 1. The molecular formula is C20H25N3O3S2. The maximum atomic E-state index is 13.1. The summed E-state index contributed by atoms with van der Waals surface area (Å²) in [7, 11) is -3.70. The lowest BCUT2D eigenvalue weighted by molar-refractivity contribution is -0.120. The van der Waals surface area contributed by atoms with E-state index in [9.17, 15) is 13.2 Å². The summed E-state index contributed by atoms with van der Waals surface area (Å²) < 4.78 is 27.5. The van der Waals surface area contributed by atoms with E-state index in [2.05, 4.69) is 17.2 Å². The highest BCUT2D eigenvalue weighted by Gasteiger charge is 2.38. The molecule has 2 aromatic rings. The second kappa shape index (κ2) is 7.93. The number of carbonyl (C=O) groups excluding carboxylic acids is 1. The van der Waals surface area contributed by atoms with Gasteiger partial charge in [-0.15, -0.1) is 11.3 Å². The molecule has 150 valence electrons. The third-order valence-corrected chi connectivity index (χ3v) is 8.48. The Hall–Kier alpha value is -1.77. The molecule has 0 bridgehead atoms. The van der Waals surface area contributed by atoms with Crippen LogP contribution in [-0.4, -0.2) is 36.2 Å². The molecular weight excluding hydrogens is 394 g/mol. The summed E-state index contributed by atoms with van der Waals surface area (Å²) in [5.74, 6) is 0.361. The first kappa shape index (κ1) is 19.5. The SMILES string of the molecule is CC1CCc2nc(NC(=O)C3CCCCN3S(=O)(=O)c3ccccc3)sc2C1. The topological polar surface area (TPSA) is 79.4 Å². The number of benzene rings is 1. The average molecular weight is 420 g/mol. The molecule has 2 heterocycles. The standard InChI is InChI=1S/C20H25N3O3S2/c1-14-10-11-16-18(13-14)27-20(21-16)22-19(24)17-9-5-6-12-23(17)28(25,26)15-7-3-2-4-8-15/h2-4,7-8,14,17H,5-6,9-13H2,1H3,(H,21,22,24). The van der Waals surface area contributed by atoms with Gasteiger partial charge in [0, 0.05) is 11.4 Å². The van der Waals surface area contributed by atoms with E-state index in [1.165, 1.54) is 20.5 Å². The molecule has 1 fully saturated rings. The number of amides is 1. The zero-order valence-electron chi connectivity index (χ0n) is 15.9. The Bertz CT molecular complexity index is 956. The van der Waals surface area contributed by atoms with E-state index >= 15 is 0 Å². The van der Waals surface area contributed by atoms with E-state index in [0.29, 0.717) is 24.0 Å². The lowest BCUT2D eigenvalue weighted by Gasteiger charge is -2.33. The molecule has 1 amide bonds. The zero-order valence-corrected chi connectivity index (χ0v) is 17.6. The number of anilines is 1. The van der Waals surface area contributed by atoms with Crippen molar-refractivity contribution in [1.82, 2.24) is 9.29 Å². The molecule has 1 saturated heterocycles. The monoisotopic (exact) mass is 419 g/mol. The molecule has 8 heteroatoms. The number of carbonyl (C=O) groups is 1. The van der Waals surface area contributed by atoms with Crippen LogP contribution in [0.4, 0.5) is 5.13 Å². The third-order valence-electron chi connectivity index (χ3n) is 5.52. The number of aromatic nitrogens is 1. The summed E-state index contributed by atoms with van der Waals surface area (Å²) in [5, 5.41) is 3.49. The van der Waals surface area contributed by atoms with Crippen molar-refractivity contribution in [3.8, 4) is 0 Å². The molecule has 28 heavy (non-hydrogen) atoms. The van der Waals surface area contributed by atoms with Crippen molar-refractivity contribution in [3.05, 3.63) is 40.9 Å². The van der Waals surface area contributed by atoms with Crippen LogP contribution in [-0.2, 0) is 27.7 Å². The molecule has 1 aliphatic carbocycles. The number of rotatable bonds is 4. The Balaban J connectivity index is 1.54. The average Bonchev–Trinajstić information content (AvgIpc) is 3.10. The molecule has 1 N–H and O–H groups in total. The first-order valence-corrected chi connectivity index (χ1v) is 12.1. The predicted molar refractivity (Wildman–Crippen MR) is 110 cm³/mol. The van der Waals surface area contributed by atoms with Gasteiger partial charge in [0.25, 0.3) is 0 Å². The number of hydrogen-bond donors (Lipinski definition) is 1. The quantitative estimate of drug-likeness (QED) is 0.823. The van der Waals surface area contributed by atoms with Crippen molar-refractivity contribution in [2.45, 2.75) is 56.4 Å². The maximum absolute atomic E-state index is 13.1. The summed E-state index contributed by atoms with van der Waals surface area (Å²) in [6.45, 7) is 2.59. The Kier molecular flexibility index (Phi) is 5.53. The van der Waals surface area contributed by atoms with Gasteiger partial charge in [-0.25, -0.2) is 13.4 Å². The predicted octanol–water partition coefficient (Wildman–Crippen LogP) is 3.45. The minimum atomic E-state index is -3.70. The van der Waals surface area contributed by atoms with Gasteiger partial charge in [-0.3, -0.25) is 4.79 Å². The first-order chi connectivity index (χ1) is 13.4. The highest BCUT2D eigenvalue weighted by atomic mass is 32.2. The van der Waals surface area contributed by atoms with Crippen molar-refractivity contribution < 1.29 is 13.2 Å². The van der Waals surface area contributed by atoms with Crippen LogP contribution in [0.2, 0.25) is 0 Å². The minimum Gasteiger partial charge on any atom is -0.301 e. The van der Waals surface area contributed by atoms with E-state index in [-0.39, 0.29) is 10.8 Å². The molecule has 0 saturated carbocycles. The summed E-state index contributed by atoms with van der Waals surface area (Å²) in [5.41, 5.74) is 1.08. The number of thiazole rings is 1. The smallest absolute Gasteiger partial charge is 0.244 e. The van der Waals surface area contributed by atoms with Gasteiger partial charge >= 0.3 is 0 Å². The minimum absolute atomic E-state index is 0.230. The van der Waals surface area contributed by atoms with E-state index < -0.39 is 16.1 Å². The van der Waals surface area contributed by atoms with Crippen LogP contribution >= 0.6 is 11.3 Å². The largest absolute Gasteiger partial charge is 0.301 e. The maximum Gasteiger partial charge on any atom is 0.244 e. The van der Waals surface area contributed by atoms with Gasteiger partial charge < -0.3 is 5.32 Å². The lowest BCUT2D eigenvalue weighted by Crippen LogP contribution is -2.49. The van der Waals surface area contributed by atoms with Gasteiger partial charge in [-0.1, -0.05) is 31.5 Å². The summed E-state index contributed by atoms with van der Waals surface area (Å²) in [6, 6.07) is 7.65. The second-order valence-electron chi connectivity index (χ2n) is 7.67. The number of fused-ring (bicyclic) bond motifs is 1. The lowest BCUT2D eigenvalue weighted by atomic mass is 9.93. The Morgan fingerprint density at radius 3 is 2.79 bits per heavy atom. The van der Waals surface area contributed by atoms with Gasteiger partial charge in [0.1, 0.15) is 6.04 Å². The summed E-state index contributed by atoms with van der Waals surface area (Å²) in [6.07, 6.45) is 5.20. The van der Waals surface area contributed by atoms with Crippen molar-refractivity contribution in [2.75, 3.05) is 11.9 Å². The van der Waals surface area contributed by atoms with Gasteiger partial charge in [0.15, 0.2) is 5.13 Å². The molecule has 0 spiro atoms. The van der Waals surface area contributed by atoms with Crippen molar-refractivity contribution in [2.24, 2.45) is 5.92 Å². The van der Waals surface area contributed by atoms with E-state index in [4.69, 9.17) is 0 Å². The van der Waals surface area contributed by atoms with Gasteiger partial charge in [0.05, 0.1) is 10.6 Å². The molecule has 0 radical (unpaired) electrons. The fourth-order valence-corrected chi connectivity index (χ4v) is 6.82. The van der Waals surface area contributed by atoms with Crippen LogP contribution in [0.15, 0.2) is 35.2 Å². The Morgan fingerprint density at radius 1 is 1.21 bits per heavy atom. The van der Waals surface area contributed by atoms with Gasteiger partial charge in [-0.2, -0.15) is 4.31 Å². The number of aryl methyl sites for hydroxylation is 1. The van der Waals surface area contributed by atoms with Crippen LogP contribution in [0.3, 0.4) is 0 Å². The molecule has 1 aromatic carbocycles. The molecule has 1 aromatic heterocycles. The molecule has 4 rings (SSSR count).